The fourth-order valence-corrected chi connectivity index (χ4v) is 2.31. The number of halogens is 3. The first-order valence-electron chi connectivity index (χ1n) is 8.11. The van der Waals surface area contributed by atoms with Gasteiger partial charge < -0.3 is 20.6 Å². The maximum Gasteiger partial charge on any atom is 0.416 e. The van der Waals surface area contributed by atoms with E-state index < -0.39 is 42.2 Å². The monoisotopic (exact) mass is 389 g/mol. The van der Waals surface area contributed by atoms with E-state index >= 15 is 0 Å². The number of carboxylic acids is 1. The Balaban J connectivity index is 2.78. The van der Waals surface area contributed by atoms with Gasteiger partial charge in [0.25, 0.3) is 0 Å². The van der Waals surface area contributed by atoms with E-state index in [9.17, 15) is 27.6 Å². The van der Waals surface area contributed by atoms with Crippen molar-refractivity contribution in [3.8, 4) is 0 Å². The molecule has 0 saturated carbocycles. The molecule has 1 aromatic carbocycles. The lowest BCUT2D eigenvalue weighted by molar-refractivity contribution is -0.144. The second kappa shape index (κ2) is 9.24. The number of hydrogen-bond acceptors (Lipinski definition) is 3. The van der Waals surface area contributed by atoms with Gasteiger partial charge in [-0.05, 0) is 36.6 Å². The van der Waals surface area contributed by atoms with Crippen molar-refractivity contribution in [2.75, 3.05) is 18.9 Å². The second-order valence-electron chi connectivity index (χ2n) is 6.44. The molecular weight excluding hydrogens is 367 g/mol. The Kier molecular flexibility index (Phi) is 7.62. The molecule has 0 fully saturated rings. The lowest BCUT2D eigenvalue weighted by Gasteiger charge is -2.24. The van der Waals surface area contributed by atoms with Gasteiger partial charge in [-0.15, -0.1) is 0 Å². The van der Waals surface area contributed by atoms with E-state index in [4.69, 9.17) is 5.11 Å². The molecule has 0 aliphatic carbocycles. The number of nitrogens with one attached hydrogen (secondary N) is 2. The highest BCUT2D eigenvalue weighted by molar-refractivity contribution is 5.94. The van der Waals surface area contributed by atoms with E-state index in [0.29, 0.717) is 0 Å². The third-order valence-corrected chi connectivity index (χ3v) is 3.53. The van der Waals surface area contributed by atoms with Crippen LogP contribution in [-0.2, 0) is 15.8 Å². The zero-order valence-electron chi connectivity index (χ0n) is 15.1. The first kappa shape index (κ1) is 22.3. The number of aliphatic carboxylic acids is 1. The summed E-state index contributed by atoms with van der Waals surface area (Å²) in [5, 5.41) is 13.6. The van der Waals surface area contributed by atoms with E-state index in [0.717, 1.165) is 29.2 Å². The molecule has 0 spiro atoms. The number of carbonyl (C=O) groups is 3. The number of urea groups is 1. The molecule has 10 heteroatoms. The van der Waals surface area contributed by atoms with Gasteiger partial charge in [0, 0.05) is 12.7 Å². The number of hydrogen-bond donors (Lipinski definition) is 3. The molecule has 0 unspecified atom stereocenters. The van der Waals surface area contributed by atoms with Crippen LogP contribution in [0.5, 0.6) is 0 Å². The lowest BCUT2D eigenvalue weighted by Crippen LogP contribution is -2.50. The van der Waals surface area contributed by atoms with Crippen LogP contribution in [0.1, 0.15) is 25.8 Å². The topological polar surface area (TPSA) is 98.7 Å². The van der Waals surface area contributed by atoms with Gasteiger partial charge in [-0.3, -0.25) is 9.59 Å². The molecule has 0 saturated heterocycles. The van der Waals surface area contributed by atoms with Crippen LogP contribution >= 0.6 is 0 Å². The molecule has 3 amide bonds. The van der Waals surface area contributed by atoms with Crippen molar-refractivity contribution in [3.63, 3.8) is 0 Å². The SMILES string of the molecule is CC(C)C[C@H](NC(=O)Nc1ccc(C(F)(F)F)cc1)C(=O)N(C)CC(=O)O. The van der Waals surface area contributed by atoms with Crippen LogP contribution < -0.4 is 10.6 Å². The number of rotatable bonds is 7. The number of likely N-dealkylation sites (N-methyl/N-ethyl adjacent to an activating group) is 1. The molecule has 1 atom stereocenters. The molecule has 150 valence electrons. The number of carbonyl (C=O) groups excluding carboxylic acids is 2. The molecule has 0 aliphatic rings. The molecule has 7 nitrogen and oxygen atoms in total. The maximum absolute atomic E-state index is 12.5. The van der Waals surface area contributed by atoms with Crippen LogP contribution in [0.2, 0.25) is 0 Å². The van der Waals surface area contributed by atoms with Gasteiger partial charge >= 0.3 is 18.2 Å². The molecule has 1 rings (SSSR count). The average molecular weight is 389 g/mol. The summed E-state index contributed by atoms with van der Waals surface area (Å²) in [6.45, 7) is 3.13. The molecular formula is C17H22F3N3O4. The third-order valence-electron chi connectivity index (χ3n) is 3.53. The van der Waals surface area contributed by atoms with Crippen LogP contribution in [0.4, 0.5) is 23.7 Å². The van der Waals surface area contributed by atoms with Crippen molar-refractivity contribution < 1.29 is 32.7 Å². The number of anilines is 1. The predicted octanol–water partition coefficient (Wildman–Crippen LogP) is 2.78. The summed E-state index contributed by atoms with van der Waals surface area (Å²) in [6, 6.07) is 2.09. The summed E-state index contributed by atoms with van der Waals surface area (Å²) in [6.07, 6.45) is -4.21. The van der Waals surface area contributed by atoms with Crippen molar-refractivity contribution >= 4 is 23.6 Å². The summed E-state index contributed by atoms with van der Waals surface area (Å²) in [5.41, 5.74) is -0.730. The number of alkyl halides is 3. The minimum Gasteiger partial charge on any atom is -0.480 e. The standard InChI is InChI=1S/C17H22F3N3O4/c1-10(2)8-13(15(26)23(3)9-14(24)25)22-16(27)21-12-6-4-11(5-7-12)17(18,19)20/h4-7,10,13H,8-9H2,1-3H3,(H,24,25)(H2,21,22,27)/t13-/m0/s1. The molecule has 0 heterocycles. The van der Waals surface area contributed by atoms with E-state index in [1.807, 2.05) is 13.8 Å². The Morgan fingerprint density at radius 2 is 1.70 bits per heavy atom. The zero-order valence-corrected chi connectivity index (χ0v) is 15.1. The normalized spacial score (nSPS) is 12.4. The summed E-state index contributed by atoms with van der Waals surface area (Å²) in [7, 11) is 1.30. The van der Waals surface area contributed by atoms with E-state index in [-0.39, 0.29) is 18.0 Å². The summed E-state index contributed by atoms with van der Waals surface area (Å²) in [4.78, 5) is 36.2. The predicted molar refractivity (Wildman–Crippen MR) is 92.1 cm³/mol. The van der Waals surface area contributed by atoms with Gasteiger partial charge in [0.2, 0.25) is 5.91 Å². The van der Waals surface area contributed by atoms with Gasteiger partial charge in [0.05, 0.1) is 5.56 Å². The van der Waals surface area contributed by atoms with Crippen molar-refractivity contribution in [1.82, 2.24) is 10.2 Å². The fraction of sp³-hybridized carbons (Fsp3) is 0.471. The summed E-state index contributed by atoms with van der Waals surface area (Å²) >= 11 is 0. The highest BCUT2D eigenvalue weighted by Gasteiger charge is 2.30. The van der Waals surface area contributed by atoms with E-state index in [1.54, 1.807) is 0 Å². The van der Waals surface area contributed by atoms with Crippen molar-refractivity contribution in [2.24, 2.45) is 5.92 Å². The number of amides is 3. The van der Waals surface area contributed by atoms with E-state index in [2.05, 4.69) is 10.6 Å². The maximum atomic E-state index is 12.5. The van der Waals surface area contributed by atoms with Crippen LogP contribution in [0.25, 0.3) is 0 Å². The smallest absolute Gasteiger partial charge is 0.416 e. The van der Waals surface area contributed by atoms with Crippen molar-refractivity contribution in [3.05, 3.63) is 29.8 Å². The number of benzene rings is 1. The molecule has 27 heavy (non-hydrogen) atoms. The Hall–Kier alpha value is -2.78. The molecule has 0 aliphatic heterocycles. The van der Waals surface area contributed by atoms with Crippen molar-refractivity contribution in [1.29, 1.82) is 0 Å². The van der Waals surface area contributed by atoms with Gasteiger partial charge in [0.1, 0.15) is 12.6 Å². The Labute approximate surface area is 154 Å². The number of nitrogens with zero attached hydrogens (tertiary/aromatic N) is 1. The van der Waals surface area contributed by atoms with E-state index in [1.165, 1.54) is 7.05 Å². The molecule has 0 radical (unpaired) electrons. The van der Waals surface area contributed by atoms with Gasteiger partial charge in [0.15, 0.2) is 0 Å². The van der Waals surface area contributed by atoms with Crippen LogP contribution in [0, 0.1) is 5.92 Å². The number of carboxylic acid groups (broad SMARTS) is 1. The van der Waals surface area contributed by atoms with Gasteiger partial charge in [-0.1, -0.05) is 13.8 Å². The Bertz CT molecular complexity index is 675. The minimum atomic E-state index is -4.48. The molecule has 1 aromatic rings. The van der Waals surface area contributed by atoms with Crippen LogP contribution in [0.3, 0.4) is 0 Å². The first-order chi connectivity index (χ1) is 12.4. The van der Waals surface area contributed by atoms with Gasteiger partial charge in [-0.2, -0.15) is 13.2 Å². The Morgan fingerprint density at radius 1 is 1.15 bits per heavy atom. The Morgan fingerprint density at radius 3 is 2.15 bits per heavy atom. The van der Waals surface area contributed by atoms with Crippen LogP contribution in [-0.4, -0.2) is 47.5 Å². The van der Waals surface area contributed by atoms with Gasteiger partial charge in [-0.25, -0.2) is 4.79 Å². The summed E-state index contributed by atoms with van der Waals surface area (Å²) in [5.74, 6) is -1.74. The first-order valence-corrected chi connectivity index (χ1v) is 8.11. The minimum absolute atomic E-state index is 0.0311. The quantitative estimate of drug-likeness (QED) is 0.668. The highest BCUT2D eigenvalue weighted by atomic mass is 19.4. The molecule has 0 aromatic heterocycles. The fourth-order valence-electron chi connectivity index (χ4n) is 2.31. The van der Waals surface area contributed by atoms with Crippen LogP contribution in [0.15, 0.2) is 24.3 Å². The lowest BCUT2D eigenvalue weighted by atomic mass is 10.0. The highest BCUT2D eigenvalue weighted by Crippen LogP contribution is 2.29. The third kappa shape index (κ3) is 7.55. The average Bonchev–Trinajstić information content (AvgIpc) is 2.52. The zero-order chi connectivity index (χ0) is 20.8. The molecule has 0 bridgehead atoms. The molecule has 3 N–H and O–H groups in total. The summed E-state index contributed by atoms with van der Waals surface area (Å²) < 4.78 is 37.6. The van der Waals surface area contributed by atoms with Crippen molar-refractivity contribution in [2.45, 2.75) is 32.5 Å². The second-order valence-corrected chi connectivity index (χ2v) is 6.44. The largest absolute Gasteiger partial charge is 0.480 e.